The highest BCUT2D eigenvalue weighted by atomic mass is 16.7. The van der Waals surface area contributed by atoms with Crippen molar-refractivity contribution in [2.45, 2.75) is 204 Å². The van der Waals surface area contributed by atoms with Crippen LogP contribution in [0.4, 0.5) is 0 Å². The molecule has 0 bridgehead atoms. The van der Waals surface area contributed by atoms with Crippen LogP contribution in [0.2, 0.25) is 0 Å². The van der Waals surface area contributed by atoms with Crippen LogP contribution < -0.4 is 10.6 Å². The fourth-order valence-corrected chi connectivity index (χ4v) is 9.33. The predicted octanol–water partition coefficient (Wildman–Crippen LogP) is 2.32. The largest absolute Gasteiger partial charge is 0.459 e. The lowest BCUT2D eigenvalue weighted by Crippen LogP contribution is -2.70. The summed E-state index contributed by atoms with van der Waals surface area (Å²) in [4.78, 5) is 16.3. The summed E-state index contributed by atoms with van der Waals surface area (Å²) >= 11 is 0. The van der Waals surface area contributed by atoms with E-state index in [4.69, 9.17) is 28.4 Å². The van der Waals surface area contributed by atoms with Gasteiger partial charge in [-0.25, -0.2) is 0 Å². The first kappa shape index (κ1) is 50.3. The van der Waals surface area contributed by atoms with Gasteiger partial charge >= 0.3 is 5.97 Å². The average molecular weight is 820 g/mol. The van der Waals surface area contributed by atoms with Crippen LogP contribution in [0.1, 0.15) is 115 Å². The number of unbranched alkanes of at least 4 members (excludes halogenated alkanes) is 1. The molecule has 0 aromatic heterocycles. The Morgan fingerprint density at radius 2 is 1.61 bits per heavy atom. The molecule has 15 heteroatoms. The summed E-state index contributed by atoms with van der Waals surface area (Å²) in [5.41, 5.74) is -5.96. The molecule has 0 aromatic rings. The lowest BCUT2D eigenvalue weighted by atomic mass is 9.75. The minimum Gasteiger partial charge on any atom is -0.459 e. The maximum atomic E-state index is 14.3. The molecule has 3 saturated heterocycles. The maximum Gasteiger partial charge on any atom is 0.311 e. The van der Waals surface area contributed by atoms with Gasteiger partial charge in [0.05, 0.1) is 35.9 Å². The number of ether oxygens (including phenoxy) is 6. The number of esters is 1. The Morgan fingerprint density at radius 1 is 0.965 bits per heavy atom. The highest BCUT2D eigenvalue weighted by Crippen LogP contribution is 2.43. The number of aliphatic hydroxyl groups excluding tert-OH is 2. The summed E-state index contributed by atoms with van der Waals surface area (Å²) in [6.07, 6.45) is -5.64. The van der Waals surface area contributed by atoms with Gasteiger partial charge in [0.1, 0.15) is 35.1 Å². The highest BCUT2D eigenvalue weighted by molar-refractivity contribution is 5.73. The molecule has 57 heavy (non-hydrogen) atoms. The van der Waals surface area contributed by atoms with Gasteiger partial charge in [-0.1, -0.05) is 34.1 Å². The van der Waals surface area contributed by atoms with E-state index in [2.05, 4.69) is 17.6 Å². The van der Waals surface area contributed by atoms with Crippen LogP contribution in [0.5, 0.6) is 0 Å². The van der Waals surface area contributed by atoms with Crippen LogP contribution in [0.25, 0.3) is 0 Å². The second-order valence-electron chi connectivity index (χ2n) is 18.5. The van der Waals surface area contributed by atoms with Crippen molar-refractivity contribution in [1.82, 2.24) is 15.5 Å². The summed E-state index contributed by atoms with van der Waals surface area (Å²) in [5, 5.41) is 66.0. The van der Waals surface area contributed by atoms with Crippen molar-refractivity contribution in [1.29, 1.82) is 0 Å². The molecule has 3 fully saturated rings. The van der Waals surface area contributed by atoms with Crippen molar-refractivity contribution in [3.05, 3.63) is 0 Å². The number of carbonyl (C=O) groups excluding carboxylic acids is 1. The molecule has 3 rings (SSSR count). The van der Waals surface area contributed by atoms with E-state index in [9.17, 15) is 30.3 Å². The number of carbonyl (C=O) groups is 1. The van der Waals surface area contributed by atoms with Gasteiger partial charge in [-0.15, -0.1) is 0 Å². The van der Waals surface area contributed by atoms with Crippen LogP contribution in [0.3, 0.4) is 0 Å². The number of aliphatic hydroxyl groups is 5. The van der Waals surface area contributed by atoms with E-state index in [1.165, 1.54) is 6.92 Å². The van der Waals surface area contributed by atoms with Crippen LogP contribution in [0, 0.1) is 17.8 Å². The smallest absolute Gasteiger partial charge is 0.311 e. The molecule has 18 atom stereocenters. The topological polar surface area (TPSA) is 201 Å². The first-order chi connectivity index (χ1) is 26.4. The summed E-state index contributed by atoms with van der Waals surface area (Å²) in [6, 6.07) is -0.878. The van der Waals surface area contributed by atoms with Crippen molar-refractivity contribution >= 4 is 5.97 Å². The zero-order valence-electron chi connectivity index (χ0n) is 37.5. The molecule has 0 amide bonds. The number of methoxy groups -OCH3 is 1. The van der Waals surface area contributed by atoms with Gasteiger partial charge in [-0.2, -0.15) is 0 Å². The Kier molecular flexibility index (Phi) is 18.2. The van der Waals surface area contributed by atoms with Gasteiger partial charge in [0.25, 0.3) is 0 Å². The monoisotopic (exact) mass is 820 g/mol. The van der Waals surface area contributed by atoms with E-state index in [1.807, 2.05) is 46.7 Å². The molecule has 3 heterocycles. The van der Waals surface area contributed by atoms with Crippen molar-refractivity contribution in [2.75, 3.05) is 40.8 Å². The number of likely N-dealkylation sites (N-methyl/N-ethyl adjacent to an activating group) is 1. The number of nitrogens with one attached hydrogen (secondary N) is 2. The highest BCUT2D eigenvalue weighted by Gasteiger charge is 2.58. The van der Waals surface area contributed by atoms with E-state index in [1.54, 1.807) is 41.7 Å². The molecule has 336 valence electrons. The quantitative estimate of drug-likeness (QED) is 0.112. The van der Waals surface area contributed by atoms with Crippen molar-refractivity contribution < 1.29 is 58.7 Å². The SMILES string of the molecule is CCCCNC[C@]1(O)[C@H](C)O[C@@H](O[C@H]2[C@H](C)[C@@H](O[C@@H]3O[C@H](C)C[C@H](N(C)C)[C@H]3O)[C@](C)(O)C[C@@H](C)CN[C@H](C)[C@@H](O)[C@](C)(O)[C@@H](CC)OC(=O)[C@@H]2C)C[C@@]1(C)OC. The molecule has 0 radical (unpaired) electrons. The summed E-state index contributed by atoms with van der Waals surface area (Å²) < 4.78 is 38.4. The van der Waals surface area contributed by atoms with Crippen LogP contribution in [-0.2, 0) is 33.2 Å². The van der Waals surface area contributed by atoms with Crippen LogP contribution in [-0.4, -0.2) is 167 Å². The molecule has 0 saturated carbocycles. The molecular formula is C42H81N3O12. The number of rotatable bonds is 12. The lowest BCUT2D eigenvalue weighted by molar-refractivity contribution is -0.336. The third-order valence-corrected chi connectivity index (χ3v) is 13.3. The van der Waals surface area contributed by atoms with Gasteiger partial charge in [0, 0.05) is 38.1 Å². The molecular weight excluding hydrogens is 738 g/mol. The molecule has 0 unspecified atom stereocenters. The maximum absolute atomic E-state index is 14.3. The molecule has 7 N–H and O–H groups in total. The third kappa shape index (κ3) is 11.7. The number of hydrogen-bond acceptors (Lipinski definition) is 15. The number of cyclic esters (lactones) is 1. The third-order valence-electron chi connectivity index (χ3n) is 13.3. The minimum atomic E-state index is -1.81. The first-order valence-electron chi connectivity index (χ1n) is 21.4. The van der Waals surface area contributed by atoms with Crippen molar-refractivity contribution in [2.24, 2.45) is 17.8 Å². The Balaban J connectivity index is 2.15. The summed E-state index contributed by atoms with van der Waals surface area (Å²) in [5.74, 6) is -2.66. The van der Waals surface area contributed by atoms with E-state index in [0.717, 1.165) is 19.4 Å². The van der Waals surface area contributed by atoms with Gasteiger partial charge in [0.2, 0.25) is 0 Å². The fraction of sp³-hybridized carbons (Fsp3) is 0.976. The zero-order valence-corrected chi connectivity index (χ0v) is 37.5. The Labute approximate surface area is 342 Å². The Bertz CT molecular complexity index is 1240. The molecule has 0 aliphatic carbocycles. The normalized spacial score (nSPS) is 47.3. The lowest BCUT2D eigenvalue weighted by Gasteiger charge is -2.53. The van der Waals surface area contributed by atoms with Gasteiger partial charge in [0.15, 0.2) is 12.6 Å². The second-order valence-corrected chi connectivity index (χ2v) is 18.5. The Hall–Kier alpha value is -1.05. The Morgan fingerprint density at radius 3 is 2.19 bits per heavy atom. The molecule has 15 nitrogen and oxygen atoms in total. The second kappa shape index (κ2) is 20.7. The van der Waals surface area contributed by atoms with Gasteiger partial charge in [-0.05, 0) is 107 Å². The number of hydrogen-bond donors (Lipinski definition) is 7. The van der Waals surface area contributed by atoms with E-state index in [0.29, 0.717) is 13.0 Å². The minimum absolute atomic E-state index is 0.0955. The van der Waals surface area contributed by atoms with Crippen molar-refractivity contribution in [3.63, 3.8) is 0 Å². The van der Waals surface area contributed by atoms with Gasteiger partial charge in [-0.3, -0.25) is 4.79 Å². The average Bonchev–Trinajstić information content (AvgIpc) is 3.14. The molecule has 3 aliphatic heterocycles. The zero-order chi connectivity index (χ0) is 43.3. The number of nitrogens with zero attached hydrogens (tertiary/aromatic N) is 1. The van der Waals surface area contributed by atoms with Crippen LogP contribution in [0.15, 0.2) is 0 Å². The molecule has 0 spiro atoms. The van der Waals surface area contributed by atoms with Crippen LogP contribution >= 0.6 is 0 Å². The molecule has 0 aromatic carbocycles. The first-order valence-corrected chi connectivity index (χ1v) is 21.4. The van der Waals surface area contributed by atoms with E-state index in [-0.39, 0.29) is 43.9 Å². The van der Waals surface area contributed by atoms with Crippen molar-refractivity contribution in [3.8, 4) is 0 Å². The predicted molar refractivity (Wildman–Crippen MR) is 216 cm³/mol. The van der Waals surface area contributed by atoms with E-state index < -0.39 is 95.5 Å². The summed E-state index contributed by atoms with van der Waals surface area (Å²) in [6.45, 7) is 21.0. The summed E-state index contributed by atoms with van der Waals surface area (Å²) in [7, 11) is 5.31. The fourth-order valence-electron chi connectivity index (χ4n) is 9.33. The van der Waals surface area contributed by atoms with E-state index >= 15 is 0 Å². The molecule has 3 aliphatic rings. The standard InChI is InChI=1S/C42H81N3O12/c1-15-17-18-43-23-42(51)29(8)54-32(21-40(42,10)52-14)56-34-26(5)36(57-38-33(46)30(45(12)13)19-25(4)53-38)39(9,49)20-24(3)22-44-28(7)35(47)41(11,50)31(16-2)55-37(48)27(34)6/h24-36,38,43-44,46-47,49-51H,15-23H2,1-14H3/t24-,25-,26+,27-,28-,29+,30+,31-,32+,33-,34+,35-,36-,38+,39-,40-,41-,42+/m1/s1. The van der Waals surface area contributed by atoms with Gasteiger partial charge < -0.3 is 69.5 Å².